The summed E-state index contributed by atoms with van der Waals surface area (Å²) in [4.78, 5) is 22.5. The van der Waals surface area contributed by atoms with Crippen LogP contribution < -0.4 is 0 Å². The van der Waals surface area contributed by atoms with Crippen molar-refractivity contribution < 1.29 is 14.3 Å². The second-order valence-corrected chi connectivity index (χ2v) is 4.47. The molecule has 0 fully saturated rings. The quantitative estimate of drug-likeness (QED) is 0.643. The lowest BCUT2D eigenvalue weighted by Gasteiger charge is -2.07. The fraction of sp³-hybridized carbons (Fsp3) is 0.176. The van der Waals surface area contributed by atoms with Crippen molar-refractivity contribution in [2.24, 2.45) is 0 Å². The summed E-state index contributed by atoms with van der Waals surface area (Å²) in [7, 11) is 4.77. The largest absolute Gasteiger partial charge is 0.465 e. The molecule has 0 saturated carbocycles. The van der Waals surface area contributed by atoms with E-state index < -0.39 is 0 Å². The van der Waals surface area contributed by atoms with Gasteiger partial charge in [-0.25, -0.2) is 4.79 Å². The molecule has 4 nitrogen and oxygen atoms in total. The lowest BCUT2D eigenvalue weighted by atomic mass is 10.00. The molecule has 0 N–H and O–H groups in total. The highest BCUT2D eigenvalue weighted by molar-refractivity contribution is 5.97. The van der Waals surface area contributed by atoms with E-state index in [1.54, 1.807) is 20.2 Å². The topological polar surface area (TPSA) is 46.6 Å². The van der Waals surface area contributed by atoms with Gasteiger partial charge in [0.15, 0.2) is 0 Å². The Kier molecular flexibility index (Phi) is 6.68. The first kappa shape index (κ1) is 16.4. The zero-order valence-corrected chi connectivity index (χ0v) is 12.4. The smallest absolute Gasteiger partial charge is 0.338 e. The first-order valence-electron chi connectivity index (χ1n) is 6.44. The van der Waals surface area contributed by atoms with Gasteiger partial charge in [-0.15, -0.1) is 0 Å². The van der Waals surface area contributed by atoms with E-state index in [2.05, 4.69) is 0 Å². The predicted molar refractivity (Wildman–Crippen MR) is 83.0 cm³/mol. The van der Waals surface area contributed by atoms with Gasteiger partial charge in [0.1, 0.15) is 0 Å². The van der Waals surface area contributed by atoms with Crippen LogP contribution in [0.15, 0.2) is 54.6 Å². The van der Waals surface area contributed by atoms with E-state index in [0.29, 0.717) is 5.56 Å². The summed E-state index contributed by atoms with van der Waals surface area (Å²) < 4.78 is 4.76. The third-order valence-electron chi connectivity index (χ3n) is 2.63. The number of carbonyl (C=O) groups excluding carboxylic acids is 2. The maximum Gasteiger partial charge on any atom is 0.338 e. The van der Waals surface area contributed by atoms with Gasteiger partial charge in [-0.05, 0) is 17.2 Å². The summed E-state index contributed by atoms with van der Waals surface area (Å²) in [5, 5.41) is 0. The molecule has 0 atom stereocenters. The minimum absolute atomic E-state index is 0.306. The van der Waals surface area contributed by atoms with E-state index >= 15 is 0 Å². The van der Waals surface area contributed by atoms with E-state index in [9.17, 15) is 9.59 Å². The average molecular weight is 285 g/mol. The molecule has 0 radical (unpaired) electrons. The highest BCUT2D eigenvalue weighted by Gasteiger charge is 2.11. The molecule has 0 heterocycles. The molecule has 2 rings (SSSR count). The number of hydrogen-bond acceptors (Lipinski definition) is 3. The number of amides is 1. The van der Waals surface area contributed by atoms with Gasteiger partial charge in [-0.1, -0.05) is 48.5 Å². The molecule has 4 heteroatoms. The van der Waals surface area contributed by atoms with Gasteiger partial charge in [0.25, 0.3) is 0 Å². The number of nitrogens with zero attached hydrogens (tertiary/aromatic N) is 1. The number of carbonyl (C=O) groups is 2. The van der Waals surface area contributed by atoms with Crippen LogP contribution >= 0.6 is 0 Å². The van der Waals surface area contributed by atoms with Crippen LogP contribution in [-0.2, 0) is 9.53 Å². The molecule has 0 unspecified atom stereocenters. The van der Waals surface area contributed by atoms with Crippen LogP contribution in [0.2, 0.25) is 0 Å². The molecule has 0 aliphatic carbocycles. The zero-order valence-electron chi connectivity index (χ0n) is 12.4. The average Bonchev–Trinajstić information content (AvgIpc) is 2.55. The Labute approximate surface area is 125 Å². The second kappa shape index (κ2) is 8.53. The molecular formula is C17H19NO3. The van der Waals surface area contributed by atoms with Crippen LogP contribution in [-0.4, -0.2) is 38.5 Å². The van der Waals surface area contributed by atoms with Crippen molar-refractivity contribution in [1.29, 1.82) is 0 Å². The van der Waals surface area contributed by atoms with Gasteiger partial charge in [-0.3, -0.25) is 4.79 Å². The highest BCUT2D eigenvalue weighted by atomic mass is 16.5. The highest BCUT2D eigenvalue weighted by Crippen LogP contribution is 2.23. The van der Waals surface area contributed by atoms with Crippen LogP contribution in [0.5, 0.6) is 0 Å². The van der Waals surface area contributed by atoms with Crippen LogP contribution in [0.3, 0.4) is 0 Å². The van der Waals surface area contributed by atoms with E-state index in [-0.39, 0.29) is 5.97 Å². The van der Waals surface area contributed by atoms with Crippen molar-refractivity contribution in [2.45, 2.75) is 0 Å². The SMILES string of the molecule is CN(C)C=O.COC(=O)c1ccccc1-c1ccccc1. The van der Waals surface area contributed by atoms with Crippen LogP contribution in [0, 0.1) is 0 Å². The van der Waals surface area contributed by atoms with Crippen molar-refractivity contribution >= 4 is 12.4 Å². The predicted octanol–water partition coefficient (Wildman–Crippen LogP) is 2.84. The molecule has 0 aromatic heterocycles. The maximum absolute atomic E-state index is 11.6. The standard InChI is InChI=1S/C14H12O2.C3H7NO/c1-16-14(15)13-10-6-5-9-12(13)11-7-3-2-4-8-11;1-4(2)3-5/h2-10H,1H3;3H,1-2H3. The number of hydrogen-bond donors (Lipinski definition) is 0. The molecule has 0 aliphatic rings. The first-order valence-corrected chi connectivity index (χ1v) is 6.44. The van der Waals surface area contributed by atoms with E-state index in [4.69, 9.17) is 4.74 Å². The Morgan fingerprint density at radius 1 is 1.00 bits per heavy atom. The number of benzene rings is 2. The van der Waals surface area contributed by atoms with Gasteiger partial charge in [-0.2, -0.15) is 0 Å². The fourth-order valence-electron chi connectivity index (χ4n) is 1.64. The summed E-state index contributed by atoms with van der Waals surface area (Å²) in [5.74, 6) is -0.306. The van der Waals surface area contributed by atoms with Crippen LogP contribution in [0.25, 0.3) is 11.1 Å². The maximum atomic E-state index is 11.6. The number of ether oxygens (including phenoxy) is 1. The van der Waals surface area contributed by atoms with E-state index in [0.717, 1.165) is 17.5 Å². The van der Waals surface area contributed by atoms with Crippen molar-refractivity contribution in [2.75, 3.05) is 21.2 Å². The fourth-order valence-corrected chi connectivity index (χ4v) is 1.64. The monoisotopic (exact) mass is 285 g/mol. The number of methoxy groups -OCH3 is 1. The van der Waals surface area contributed by atoms with Gasteiger partial charge >= 0.3 is 5.97 Å². The van der Waals surface area contributed by atoms with Gasteiger partial charge in [0.2, 0.25) is 6.41 Å². The van der Waals surface area contributed by atoms with Crippen LogP contribution in [0.1, 0.15) is 10.4 Å². The summed E-state index contributed by atoms with van der Waals surface area (Å²) in [5.41, 5.74) is 2.51. The van der Waals surface area contributed by atoms with Gasteiger partial charge in [0.05, 0.1) is 12.7 Å². The lowest BCUT2D eigenvalue weighted by Crippen LogP contribution is -2.06. The minimum atomic E-state index is -0.306. The molecule has 2 aromatic carbocycles. The van der Waals surface area contributed by atoms with E-state index in [1.165, 1.54) is 12.0 Å². The lowest BCUT2D eigenvalue weighted by molar-refractivity contribution is -0.115. The summed E-state index contributed by atoms with van der Waals surface area (Å²) in [6.45, 7) is 0. The second-order valence-electron chi connectivity index (χ2n) is 4.47. The van der Waals surface area contributed by atoms with Gasteiger partial charge in [0, 0.05) is 14.1 Å². The summed E-state index contributed by atoms with van der Waals surface area (Å²) in [6.07, 6.45) is 0.750. The van der Waals surface area contributed by atoms with Crippen LogP contribution in [0.4, 0.5) is 0 Å². The molecule has 1 amide bonds. The molecular weight excluding hydrogens is 266 g/mol. The zero-order chi connectivity index (χ0) is 15.7. The Bertz CT molecular complexity index is 580. The Morgan fingerprint density at radius 2 is 1.52 bits per heavy atom. The first-order chi connectivity index (χ1) is 10.1. The molecule has 0 saturated heterocycles. The third-order valence-corrected chi connectivity index (χ3v) is 2.63. The Balaban J connectivity index is 0.000000383. The van der Waals surface area contributed by atoms with Gasteiger partial charge < -0.3 is 9.64 Å². The molecule has 110 valence electrons. The minimum Gasteiger partial charge on any atom is -0.465 e. The molecule has 2 aromatic rings. The number of rotatable bonds is 3. The molecule has 0 bridgehead atoms. The molecule has 0 aliphatic heterocycles. The summed E-state index contributed by atoms with van der Waals surface area (Å²) >= 11 is 0. The van der Waals surface area contributed by atoms with Crippen molar-refractivity contribution in [3.05, 3.63) is 60.2 Å². The van der Waals surface area contributed by atoms with Crippen molar-refractivity contribution in [3.63, 3.8) is 0 Å². The Hall–Kier alpha value is -2.62. The third kappa shape index (κ3) is 5.10. The summed E-state index contributed by atoms with van der Waals surface area (Å²) in [6, 6.07) is 17.2. The van der Waals surface area contributed by atoms with E-state index in [1.807, 2.05) is 48.5 Å². The Morgan fingerprint density at radius 3 is 2.05 bits per heavy atom. The van der Waals surface area contributed by atoms with Crippen molar-refractivity contribution in [3.8, 4) is 11.1 Å². The van der Waals surface area contributed by atoms with Crippen molar-refractivity contribution in [1.82, 2.24) is 4.90 Å². The normalized spacial score (nSPS) is 9.10. The molecule has 0 spiro atoms. The number of esters is 1. The molecule has 21 heavy (non-hydrogen) atoms.